The Bertz CT molecular complexity index is 52.0. The van der Waals surface area contributed by atoms with Crippen LogP contribution in [-0.2, 0) is 4.74 Å². The van der Waals surface area contributed by atoms with Crippen molar-refractivity contribution in [3.63, 3.8) is 0 Å². The van der Waals surface area contributed by atoms with Gasteiger partial charge in [0.25, 0.3) is 0 Å². The van der Waals surface area contributed by atoms with Gasteiger partial charge in [0.15, 0.2) is 0 Å². The molecule has 0 aromatic carbocycles. The molecule has 0 aromatic rings. The maximum absolute atomic E-state index is 11.1. The summed E-state index contributed by atoms with van der Waals surface area (Å²) in [4.78, 5) is 0. The van der Waals surface area contributed by atoms with Crippen LogP contribution in [0.2, 0.25) is 0 Å². The first kappa shape index (κ1) is 6.47. The predicted molar refractivity (Wildman–Crippen MR) is 26.4 cm³/mol. The molecule has 1 nitrogen and oxygen atoms in total. The van der Waals surface area contributed by atoms with E-state index in [2.05, 4.69) is 11.7 Å². The average Bonchev–Trinajstić information content (AvgIpc) is 1.69. The summed E-state index contributed by atoms with van der Waals surface area (Å²) in [7, 11) is 0. The summed E-state index contributed by atoms with van der Waals surface area (Å²) in [5.41, 5.74) is 0. The second kappa shape index (κ2) is 5.47. The zero-order valence-corrected chi connectivity index (χ0v) is 4.06. The van der Waals surface area contributed by atoms with Crippen molar-refractivity contribution in [2.45, 2.75) is 0 Å². The molecular weight excluding hydrogens is 95.1 g/mol. The van der Waals surface area contributed by atoms with Gasteiger partial charge in [-0.1, -0.05) is 0 Å². The predicted octanol–water partition coefficient (Wildman–Crippen LogP) is 1.32. The van der Waals surface area contributed by atoms with Crippen molar-refractivity contribution in [3.8, 4) is 0 Å². The topological polar surface area (TPSA) is 9.23 Å². The first-order valence-corrected chi connectivity index (χ1v) is 2.03. The minimum Gasteiger partial charge on any atom is -0.501 e. The number of alkyl halides is 1. The number of allylic oxidation sites excluding steroid dienone is 1. The Labute approximate surface area is 42.8 Å². The molecule has 0 spiro atoms. The summed E-state index contributed by atoms with van der Waals surface area (Å²) >= 11 is 0. The van der Waals surface area contributed by atoms with E-state index in [-0.39, 0.29) is 0 Å². The number of hydrogen-bond donors (Lipinski definition) is 0. The molecule has 0 saturated carbocycles. The first-order chi connectivity index (χ1) is 3.41. The van der Waals surface area contributed by atoms with E-state index in [1.807, 2.05) is 0 Å². The highest BCUT2D eigenvalue weighted by Gasteiger charge is 1.67. The number of hydrogen-bond acceptors (Lipinski definition) is 1. The molecule has 1 radical (unpaired) electrons. The lowest BCUT2D eigenvalue weighted by Gasteiger charge is -1.87. The van der Waals surface area contributed by atoms with Gasteiger partial charge in [0.1, 0.15) is 6.67 Å². The third-order valence-electron chi connectivity index (χ3n) is 0.399. The highest BCUT2D eigenvalue weighted by Crippen LogP contribution is 1.75. The van der Waals surface area contributed by atoms with E-state index in [4.69, 9.17) is 0 Å². The molecule has 0 heterocycles. The van der Waals surface area contributed by atoms with Crippen molar-refractivity contribution in [2.75, 3.05) is 13.3 Å². The summed E-state index contributed by atoms with van der Waals surface area (Å²) in [6, 6.07) is 0. The van der Waals surface area contributed by atoms with E-state index < -0.39 is 6.67 Å². The Morgan fingerprint density at radius 3 is 2.86 bits per heavy atom. The van der Waals surface area contributed by atoms with Crippen LogP contribution in [0.5, 0.6) is 0 Å². The van der Waals surface area contributed by atoms with Gasteiger partial charge in [0, 0.05) is 0 Å². The van der Waals surface area contributed by atoms with Gasteiger partial charge < -0.3 is 4.74 Å². The molecule has 0 aliphatic heterocycles. The lowest BCUT2D eigenvalue weighted by molar-refractivity contribution is 0.285. The smallest absolute Gasteiger partial charge is 0.111 e. The Morgan fingerprint density at radius 1 is 1.71 bits per heavy atom. The minimum absolute atomic E-state index is 0.358. The summed E-state index contributed by atoms with van der Waals surface area (Å²) < 4.78 is 15.7. The molecule has 7 heavy (non-hydrogen) atoms. The third-order valence-corrected chi connectivity index (χ3v) is 0.399. The third kappa shape index (κ3) is 5.47. The standard InChI is InChI=1S/C5H8FO/c1-2-7-5-3-4-6/h3,5H,1-2,4H2. The molecule has 41 valence electrons. The van der Waals surface area contributed by atoms with Crippen molar-refractivity contribution in [3.05, 3.63) is 19.3 Å². The van der Waals surface area contributed by atoms with Gasteiger partial charge in [0.05, 0.1) is 12.9 Å². The Kier molecular flexibility index (Phi) is 5.06. The molecule has 0 aliphatic rings. The van der Waals surface area contributed by atoms with Crippen LogP contribution in [0.4, 0.5) is 4.39 Å². The van der Waals surface area contributed by atoms with Gasteiger partial charge in [-0.2, -0.15) is 0 Å². The molecule has 0 fully saturated rings. The molecule has 2 heteroatoms. The van der Waals surface area contributed by atoms with Crippen molar-refractivity contribution < 1.29 is 9.13 Å². The van der Waals surface area contributed by atoms with E-state index in [0.29, 0.717) is 6.61 Å². The van der Waals surface area contributed by atoms with E-state index in [1.54, 1.807) is 0 Å². The maximum Gasteiger partial charge on any atom is 0.111 e. The van der Waals surface area contributed by atoms with Gasteiger partial charge >= 0.3 is 0 Å². The van der Waals surface area contributed by atoms with Crippen molar-refractivity contribution in [1.82, 2.24) is 0 Å². The van der Waals surface area contributed by atoms with E-state index in [1.165, 1.54) is 12.3 Å². The van der Waals surface area contributed by atoms with Gasteiger partial charge in [-0.05, 0) is 13.0 Å². The number of ether oxygens (including phenoxy) is 1. The molecular formula is C5H8FO. The number of rotatable bonds is 3. The molecule has 0 N–H and O–H groups in total. The van der Waals surface area contributed by atoms with Crippen LogP contribution in [0.1, 0.15) is 0 Å². The highest BCUT2D eigenvalue weighted by atomic mass is 19.1. The fourth-order valence-corrected chi connectivity index (χ4v) is 0.172. The normalized spacial score (nSPS) is 10.0. The second-order valence-corrected chi connectivity index (χ2v) is 0.897. The maximum atomic E-state index is 11.1. The summed E-state index contributed by atoms with van der Waals surface area (Å²) in [5.74, 6) is 0. The van der Waals surface area contributed by atoms with Crippen LogP contribution in [0.15, 0.2) is 12.3 Å². The Balaban J connectivity index is 2.78. The van der Waals surface area contributed by atoms with Crippen LogP contribution in [0, 0.1) is 6.92 Å². The number of halogens is 1. The lowest BCUT2D eigenvalue weighted by atomic mass is 10.7. The zero-order valence-electron chi connectivity index (χ0n) is 4.06. The SMILES string of the molecule is [CH2]COC=CCF. The highest BCUT2D eigenvalue weighted by molar-refractivity contribution is 4.71. The van der Waals surface area contributed by atoms with Crippen molar-refractivity contribution in [1.29, 1.82) is 0 Å². The summed E-state index contributed by atoms with van der Waals surface area (Å²) in [6.45, 7) is 3.25. The van der Waals surface area contributed by atoms with Crippen molar-refractivity contribution >= 4 is 0 Å². The second-order valence-electron chi connectivity index (χ2n) is 0.897. The largest absolute Gasteiger partial charge is 0.501 e. The average molecular weight is 103 g/mol. The Hall–Kier alpha value is -0.530. The summed E-state index contributed by atoms with van der Waals surface area (Å²) in [6.07, 6.45) is 2.58. The molecule has 0 amide bonds. The fraction of sp³-hybridized carbons (Fsp3) is 0.400. The monoisotopic (exact) mass is 103 g/mol. The lowest BCUT2D eigenvalue weighted by Crippen LogP contribution is -1.76. The van der Waals surface area contributed by atoms with Crippen LogP contribution in [0.3, 0.4) is 0 Å². The van der Waals surface area contributed by atoms with Crippen molar-refractivity contribution in [2.24, 2.45) is 0 Å². The first-order valence-electron chi connectivity index (χ1n) is 2.03. The molecule has 0 aromatic heterocycles. The van der Waals surface area contributed by atoms with Gasteiger partial charge in [-0.3, -0.25) is 0 Å². The van der Waals surface area contributed by atoms with Gasteiger partial charge in [0.2, 0.25) is 0 Å². The van der Waals surface area contributed by atoms with E-state index in [0.717, 1.165) is 0 Å². The van der Waals surface area contributed by atoms with Crippen LogP contribution < -0.4 is 0 Å². The zero-order chi connectivity index (χ0) is 5.54. The van der Waals surface area contributed by atoms with Gasteiger partial charge in [-0.25, -0.2) is 4.39 Å². The molecule has 0 bridgehead atoms. The molecule has 0 unspecified atom stereocenters. The molecule has 0 rings (SSSR count). The molecule has 0 saturated heterocycles. The summed E-state index contributed by atoms with van der Waals surface area (Å²) in [5, 5.41) is 0. The quantitative estimate of drug-likeness (QED) is 0.489. The van der Waals surface area contributed by atoms with Crippen LogP contribution >= 0.6 is 0 Å². The molecule has 0 aliphatic carbocycles. The van der Waals surface area contributed by atoms with Crippen LogP contribution in [0.25, 0.3) is 0 Å². The van der Waals surface area contributed by atoms with Gasteiger partial charge in [-0.15, -0.1) is 0 Å². The van der Waals surface area contributed by atoms with E-state index >= 15 is 0 Å². The fourth-order valence-electron chi connectivity index (χ4n) is 0.172. The van der Waals surface area contributed by atoms with Crippen LogP contribution in [-0.4, -0.2) is 13.3 Å². The minimum atomic E-state index is -0.472. The Morgan fingerprint density at radius 2 is 2.43 bits per heavy atom. The molecule has 0 atom stereocenters. The van der Waals surface area contributed by atoms with E-state index in [9.17, 15) is 4.39 Å².